The van der Waals surface area contributed by atoms with Gasteiger partial charge in [-0.2, -0.15) is 0 Å². The maximum Gasteiger partial charge on any atom is 0.174 e. The van der Waals surface area contributed by atoms with E-state index < -0.39 is 0 Å². The Hall–Kier alpha value is -1.02. The predicted octanol–water partition coefficient (Wildman–Crippen LogP) is 1.33. The van der Waals surface area contributed by atoms with Gasteiger partial charge in [0.05, 0.1) is 6.61 Å². The van der Waals surface area contributed by atoms with E-state index in [1.54, 1.807) is 12.1 Å². The predicted molar refractivity (Wildman–Crippen MR) is 38.9 cm³/mol. The van der Waals surface area contributed by atoms with E-state index in [1.807, 2.05) is 12.1 Å². The van der Waals surface area contributed by atoms with Gasteiger partial charge in [-0.25, -0.2) is 0 Å². The average molecular weight is 134 g/mol. The van der Waals surface area contributed by atoms with Crippen molar-refractivity contribution in [3.8, 4) is 0 Å². The van der Waals surface area contributed by atoms with Crippen molar-refractivity contribution >= 4 is 5.69 Å². The van der Waals surface area contributed by atoms with Crippen molar-refractivity contribution in [2.45, 2.75) is 6.61 Å². The molecule has 0 fully saturated rings. The fourth-order valence-electron chi connectivity index (χ4n) is 0.697. The molecule has 1 rings (SSSR count). The molecule has 0 heterocycles. The molecular weight excluding hydrogens is 126 g/mol. The highest BCUT2D eigenvalue weighted by molar-refractivity contribution is 5.38. The van der Waals surface area contributed by atoms with Gasteiger partial charge in [-0.15, -0.1) is 0 Å². The molecule has 1 aromatic carbocycles. The van der Waals surface area contributed by atoms with Gasteiger partial charge in [0.25, 0.3) is 0 Å². The molecule has 0 atom stereocenters. The van der Waals surface area contributed by atoms with Gasteiger partial charge in [-0.3, -0.25) is 0 Å². The number of hydrogen-bond donors (Lipinski definition) is 1. The summed E-state index contributed by atoms with van der Waals surface area (Å²) in [7, 11) is 6.46. The molecule has 0 unspecified atom stereocenters. The van der Waals surface area contributed by atoms with Gasteiger partial charge in [0, 0.05) is 5.69 Å². The summed E-state index contributed by atoms with van der Waals surface area (Å²) in [5.41, 5.74) is 7.13. The molecule has 0 aliphatic carbocycles. The monoisotopic (exact) mass is 134 g/mol. The van der Waals surface area contributed by atoms with Gasteiger partial charge < -0.3 is 10.5 Å². The maximum atomic E-state index is 6.46. The summed E-state index contributed by atoms with van der Waals surface area (Å²) < 4.78 is 4.18. The number of benzene rings is 1. The van der Waals surface area contributed by atoms with Gasteiger partial charge in [-0.1, -0.05) is 12.1 Å². The number of anilines is 1. The van der Waals surface area contributed by atoms with E-state index in [9.17, 15) is 0 Å². The summed E-state index contributed by atoms with van der Waals surface area (Å²) in [6.45, 7) is 0.320. The quantitative estimate of drug-likeness (QED) is 0.619. The van der Waals surface area contributed by atoms with E-state index in [4.69, 9.17) is 12.8 Å². The van der Waals surface area contributed by atoms with Gasteiger partial charge in [0.15, 0.2) is 7.11 Å². The van der Waals surface area contributed by atoms with Crippen molar-refractivity contribution in [2.75, 3.05) is 5.73 Å². The molecule has 0 aromatic heterocycles. The van der Waals surface area contributed by atoms with E-state index in [0.717, 1.165) is 11.3 Å². The van der Waals surface area contributed by atoms with Crippen molar-refractivity contribution < 1.29 is 4.74 Å². The average Bonchev–Trinajstić information content (AvgIpc) is 1.95. The second kappa shape index (κ2) is 3.22. The van der Waals surface area contributed by atoms with E-state index in [0.29, 0.717) is 6.61 Å². The first-order valence-corrected chi connectivity index (χ1v) is 2.96. The smallest absolute Gasteiger partial charge is 0.174 e. The van der Waals surface area contributed by atoms with E-state index in [-0.39, 0.29) is 0 Å². The number of nitrogen functional groups attached to an aromatic ring is 1. The molecule has 2 N–H and O–H groups in total. The first-order chi connectivity index (χ1) is 4.83. The van der Waals surface area contributed by atoms with Crippen molar-refractivity contribution in [2.24, 2.45) is 0 Å². The third-order valence-corrected chi connectivity index (χ3v) is 1.22. The van der Waals surface area contributed by atoms with Crippen molar-refractivity contribution in [3.63, 3.8) is 0 Å². The Kier molecular flexibility index (Phi) is 2.29. The molecule has 10 heavy (non-hydrogen) atoms. The second-order valence-corrected chi connectivity index (χ2v) is 2.03. The number of ether oxygens (including phenoxy) is 1. The Morgan fingerprint density at radius 2 is 1.90 bits per heavy atom. The molecular formula is C8H8NO. The number of hydrogen-bond acceptors (Lipinski definition) is 2. The molecule has 0 aliphatic rings. The third kappa shape index (κ3) is 1.74. The lowest BCUT2D eigenvalue weighted by Gasteiger charge is -1.97. The standard InChI is InChI=1S/C8H8NO/c1-10-6-7-2-4-8(9)5-3-7/h2-5H,6,9H2. The van der Waals surface area contributed by atoms with E-state index in [2.05, 4.69) is 4.74 Å². The zero-order valence-corrected chi connectivity index (χ0v) is 5.50. The first-order valence-electron chi connectivity index (χ1n) is 2.96. The van der Waals surface area contributed by atoms with Crippen LogP contribution in [0.1, 0.15) is 5.56 Å². The first kappa shape index (κ1) is 7.09. The summed E-state index contributed by atoms with van der Waals surface area (Å²) >= 11 is 0. The van der Waals surface area contributed by atoms with Crippen LogP contribution in [-0.4, -0.2) is 0 Å². The lowest BCUT2D eigenvalue weighted by molar-refractivity contribution is 0.229. The van der Waals surface area contributed by atoms with Crippen LogP contribution in [0.25, 0.3) is 0 Å². The van der Waals surface area contributed by atoms with E-state index >= 15 is 0 Å². The van der Waals surface area contributed by atoms with Gasteiger partial charge in [0.1, 0.15) is 0 Å². The fraction of sp³-hybridized carbons (Fsp3) is 0.125. The summed E-state index contributed by atoms with van der Waals surface area (Å²) in [6, 6.07) is 7.25. The molecule has 0 spiro atoms. The minimum absolute atomic E-state index is 0.320. The van der Waals surface area contributed by atoms with Crippen molar-refractivity contribution in [1.29, 1.82) is 0 Å². The highest BCUT2D eigenvalue weighted by atomic mass is 16.5. The van der Waals surface area contributed by atoms with Crippen LogP contribution in [0.2, 0.25) is 0 Å². The molecule has 0 bridgehead atoms. The molecule has 51 valence electrons. The molecule has 0 saturated heterocycles. The van der Waals surface area contributed by atoms with Gasteiger partial charge in [-0.05, 0) is 17.7 Å². The Labute approximate surface area is 60.6 Å². The van der Waals surface area contributed by atoms with Crippen LogP contribution in [-0.2, 0) is 11.3 Å². The maximum absolute atomic E-state index is 6.46. The van der Waals surface area contributed by atoms with Crippen LogP contribution in [0, 0.1) is 7.11 Å². The molecule has 0 aliphatic heterocycles. The summed E-state index contributed by atoms with van der Waals surface area (Å²) in [6.07, 6.45) is 0. The van der Waals surface area contributed by atoms with Crippen molar-refractivity contribution in [3.05, 3.63) is 36.9 Å². The molecule has 1 aromatic rings. The Morgan fingerprint density at radius 3 is 2.40 bits per heavy atom. The molecule has 3 radical (unpaired) electrons. The molecule has 0 amide bonds. The van der Waals surface area contributed by atoms with Crippen LogP contribution < -0.4 is 5.73 Å². The normalized spacial score (nSPS) is 9.70. The molecule has 2 nitrogen and oxygen atoms in total. The minimum atomic E-state index is 0.320. The largest absolute Gasteiger partial charge is 0.399 e. The Morgan fingerprint density at radius 1 is 1.30 bits per heavy atom. The highest BCUT2D eigenvalue weighted by Gasteiger charge is 1.88. The zero-order valence-electron chi connectivity index (χ0n) is 5.50. The summed E-state index contributed by atoms with van der Waals surface area (Å²) in [5.74, 6) is 0. The van der Waals surface area contributed by atoms with Gasteiger partial charge >= 0.3 is 0 Å². The molecule has 2 heteroatoms. The van der Waals surface area contributed by atoms with Crippen LogP contribution >= 0.6 is 0 Å². The van der Waals surface area contributed by atoms with Crippen LogP contribution in [0.15, 0.2) is 24.3 Å². The highest BCUT2D eigenvalue weighted by Crippen LogP contribution is 2.05. The molecule has 0 saturated carbocycles. The van der Waals surface area contributed by atoms with Crippen LogP contribution in [0.5, 0.6) is 0 Å². The number of rotatable bonds is 2. The minimum Gasteiger partial charge on any atom is -0.399 e. The summed E-state index contributed by atoms with van der Waals surface area (Å²) in [5, 5.41) is 0. The lowest BCUT2D eigenvalue weighted by atomic mass is 10.2. The fourth-order valence-corrected chi connectivity index (χ4v) is 0.697. The summed E-state index contributed by atoms with van der Waals surface area (Å²) in [4.78, 5) is 0. The topological polar surface area (TPSA) is 35.2 Å². The zero-order chi connectivity index (χ0) is 7.40. The SMILES string of the molecule is [C]OCc1ccc(N)cc1. The van der Waals surface area contributed by atoms with E-state index in [1.165, 1.54) is 0 Å². The van der Waals surface area contributed by atoms with Gasteiger partial charge in [0.2, 0.25) is 0 Å². The third-order valence-electron chi connectivity index (χ3n) is 1.22. The van der Waals surface area contributed by atoms with Crippen LogP contribution in [0.3, 0.4) is 0 Å². The Bertz CT molecular complexity index is 193. The Balaban J connectivity index is 2.69. The van der Waals surface area contributed by atoms with Crippen LogP contribution in [0.4, 0.5) is 5.69 Å². The number of nitrogens with two attached hydrogens (primary N) is 1. The van der Waals surface area contributed by atoms with Crippen molar-refractivity contribution in [1.82, 2.24) is 0 Å². The second-order valence-electron chi connectivity index (χ2n) is 2.03. The lowest BCUT2D eigenvalue weighted by Crippen LogP contribution is -1.87.